The van der Waals surface area contributed by atoms with Gasteiger partial charge in [0.15, 0.2) is 9.84 Å². The molecule has 1 amide bonds. The van der Waals surface area contributed by atoms with Crippen molar-refractivity contribution in [3.8, 4) is 5.75 Å². The van der Waals surface area contributed by atoms with E-state index in [1.807, 2.05) is 54.6 Å². The summed E-state index contributed by atoms with van der Waals surface area (Å²) in [6, 6.07) is 17.0. The predicted molar refractivity (Wildman–Crippen MR) is 108 cm³/mol. The lowest BCUT2D eigenvalue weighted by Crippen LogP contribution is -2.41. The van der Waals surface area contributed by atoms with Crippen LogP contribution in [0, 0.1) is 0 Å². The van der Waals surface area contributed by atoms with E-state index in [-0.39, 0.29) is 18.2 Å². The standard InChI is InChI=1S/C22H25NO4S/c1-27-19-10-6-5-9-18(19)22(12-13-22)21(24)23-14-11-20(28(25,26)16-15-23)17-7-3-2-4-8-17/h2-10,20H,11-16H2,1H3/t20-/m1/s1. The van der Waals surface area contributed by atoms with E-state index in [4.69, 9.17) is 4.74 Å². The number of rotatable bonds is 4. The smallest absolute Gasteiger partial charge is 0.233 e. The fraction of sp³-hybridized carbons (Fsp3) is 0.409. The minimum Gasteiger partial charge on any atom is -0.496 e. The molecule has 1 saturated carbocycles. The molecule has 0 spiro atoms. The van der Waals surface area contributed by atoms with Crippen LogP contribution in [0.4, 0.5) is 0 Å². The summed E-state index contributed by atoms with van der Waals surface area (Å²) in [5.41, 5.74) is 1.15. The molecule has 28 heavy (non-hydrogen) atoms. The molecule has 1 aliphatic carbocycles. The number of carbonyl (C=O) groups excluding carboxylic acids is 1. The first-order valence-electron chi connectivity index (χ1n) is 9.67. The zero-order chi connectivity index (χ0) is 19.8. The average Bonchev–Trinajstić information content (AvgIpc) is 3.53. The second kappa shape index (κ2) is 7.24. The van der Waals surface area contributed by atoms with Gasteiger partial charge in [0.1, 0.15) is 5.75 Å². The van der Waals surface area contributed by atoms with Crippen molar-refractivity contribution in [3.05, 3.63) is 65.7 Å². The van der Waals surface area contributed by atoms with Gasteiger partial charge in [0.25, 0.3) is 0 Å². The van der Waals surface area contributed by atoms with E-state index >= 15 is 0 Å². The molecule has 0 unspecified atom stereocenters. The maximum absolute atomic E-state index is 13.4. The summed E-state index contributed by atoms with van der Waals surface area (Å²) >= 11 is 0. The third kappa shape index (κ3) is 3.30. The Morgan fingerprint density at radius 3 is 2.39 bits per heavy atom. The van der Waals surface area contributed by atoms with Crippen LogP contribution in [0.15, 0.2) is 54.6 Å². The first-order valence-corrected chi connectivity index (χ1v) is 11.4. The van der Waals surface area contributed by atoms with Crippen LogP contribution >= 0.6 is 0 Å². The van der Waals surface area contributed by atoms with Crippen molar-refractivity contribution in [2.24, 2.45) is 0 Å². The van der Waals surface area contributed by atoms with E-state index in [1.54, 1.807) is 12.0 Å². The highest BCUT2D eigenvalue weighted by molar-refractivity contribution is 7.91. The Kier molecular flexibility index (Phi) is 4.91. The molecule has 148 valence electrons. The van der Waals surface area contributed by atoms with Crippen LogP contribution in [0.5, 0.6) is 5.75 Å². The molecule has 2 aliphatic rings. The van der Waals surface area contributed by atoms with Gasteiger partial charge in [0.2, 0.25) is 5.91 Å². The lowest BCUT2D eigenvalue weighted by Gasteiger charge is -2.27. The van der Waals surface area contributed by atoms with Gasteiger partial charge in [0.05, 0.1) is 23.5 Å². The number of hydrogen-bond donors (Lipinski definition) is 0. The summed E-state index contributed by atoms with van der Waals surface area (Å²) in [6.07, 6.45) is 1.98. The molecular weight excluding hydrogens is 374 g/mol. The van der Waals surface area contributed by atoms with Crippen molar-refractivity contribution < 1.29 is 17.9 Å². The van der Waals surface area contributed by atoms with Gasteiger partial charge >= 0.3 is 0 Å². The Morgan fingerprint density at radius 2 is 1.71 bits per heavy atom. The number of sulfone groups is 1. The normalized spacial score (nSPS) is 22.9. The van der Waals surface area contributed by atoms with E-state index in [1.165, 1.54) is 0 Å². The number of hydrogen-bond acceptors (Lipinski definition) is 4. The number of benzene rings is 2. The molecule has 2 fully saturated rings. The number of para-hydroxylation sites is 1. The van der Waals surface area contributed by atoms with Crippen LogP contribution in [0.2, 0.25) is 0 Å². The summed E-state index contributed by atoms with van der Waals surface area (Å²) in [5.74, 6) is 0.749. The van der Waals surface area contributed by atoms with Gasteiger partial charge in [0, 0.05) is 18.7 Å². The number of methoxy groups -OCH3 is 1. The summed E-state index contributed by atoms with van der Waals surface area (Å²) < 4.78 is 31.2. The fourth-order valence-electron chi connectivity index (χ4n) is 4.25. The number of nitrogens with zero attached hydrogens (tertiary/aromatic N) is 1. The molecule has 1 aliphatic heterocycles. The van der Waals surface area contributed by atoms with Gasteiger partial charge in [-0.3, -0.25) is 4.79 Å². The second-order valence-corrected chi connectivity index (χ2v) is 9.93. The minimum absolute atomic E-state index is 0.000303. The molecule has 2 aromatic carbocycles. The third-order valence-electron chi connectivity index (χ3n) is 5.98. The van der Waals surface area contributed by atoms with Crippen LogP contribution in [0.25, 0.3) is 0 Å². The highest BCUT2D eigenvalue weighted by Crippen LogP contribution is 2.52. The maximum atomic E-state index is 13.4. The average molecular weight is 400 g/mol. The van der Waals surface area contributed by atoms with Crippen molar-refractivity contribution in [1.82, 2.24) is 4.90 Å². The van der Waals surface area contributed by atoms with Crippen molar-refractivity contribution in [2.45, 2.75) is 29.9 Å². The van der Waals surface area contributed by atoms with Gasteiger partial charge in [-0.15, -0.1) is 0 Å². The highest BCUT2D eigenvalue weighted by Gasteiger charge is 2.54. The van der Waals surface area contributed by atoms with Gasteiger partial charge in [-0.1, -0.05) is 48.5 Å². The summed E-state index contributed by atoms with van der Waals surface area (Å²) in [4.78, 5) is 15.2. The third-order valence-corrected chi connectivity index (χ3v) is 8.11. The topological polar surface area (TPSA) is 63.7 Å². The Bertz CT molecular complexity index is 967. The zero-order valence-corrected chi connectivity index (χ0v) is 16.8. The number of amides is 1. The minimum atomic E-state index is -3.30. The first-order chi connectivity index (χ1) is 13.5. The van der Waals surface area contributed by atoms with Crippen LogP contribution in [0.3, 0.4) is 0 Å². The molecule has 2 aromatic rings. The van der Waals surface area contributed by atoms with E-state index in [9.17, 15) is 13.2 Å². The molecule has 0 N–H and O–H groups in total. The molecule has 1 atom stereocenters. The highest BCUT2D eigenvalue weighted by atomic mass is 32.2. The molecule has 0 bridgehead atoms. The van der Waals surface area contributed by atoms with Crippen molar-refractivity contribution in [2.75, 3.05) is 26.0 Å². The van der Waals surface area contributed by atoms with Crippen LogP contribution in [-0.2, 0) is 20.0 Å². The van der Waals surface area contributed by atoms with E-state index < -0.39 is 20.5 Å². The largest absolute Gasteiger partial charge is 0.496 e. The van der Waals surface area contributed by atoms with E-state index in [2.05, 4.69) is 0 Å². The van der Waals surface area contributed by atoms with Crippen LogP contribution in [0.1, 0.15) is 35.6 Å². The Morgan fingerprint density at radius 1 is 1.04 bits per heavy atom. The number of ether oxygens (including phenoxy) is 1. The van der Waals surface area contributed by atoms with Gasteiger partial charge in [-0.25, -0.2) is 8.42 Å². The molecule has 5 nitrogen and oxygen atoms in total. The zero-order valence-electron chi connectivity index (χ0n) is 16.0. The Hall–Kier alpha value is -2.34. The molecule has 0 radical (unpaired) electrons. The van der Waals surface area contributed by atoms with Crippen LogP contribution in [-0.4, -0.2) is 45.2 Å². The lowest BCUT2D eigenvalue weighted by molar-refractivity contribution is -0.133. The molecule has 6 heteroatoms. The van der Waals surface area contributed by atoms with Gasteiger partial charge < -0.3 is 9.64 Å². The maximum Gasteiger partial charge on any atom is 0.233 e. The molecule has 4 rings (SSSR count). The van der Waals surface area contributed by atoms with Crippen molar-refractivity contribution >= 4 is 15.7 Å². The fourth-order valence-corrected chi connectivity index (χ4v) is 6.05. The lowest BCUT2D eigenvalue weighted by atomic mass is 9.93. The quantitative estimate of drug-likeness (QED) is 0.792. The summed E-state index contributed by atoms with van der Waals surface area (Å²) in [6.45, 7) is 0.704. The first kappa shape index (κ1) is 19.0. The van der Waals surface area contributed by atoms with Crippen molar-refractivity contribution in [1.29, 1.82) is 0 Å². The van der Waals surface area contributed by atoms with E-state index in [0.29, 0.717) is 13.0 Å². The SMILES string of the molecule is COc1ccccc1C1(C(=O)N2CC[C@H](c3ccccc3)S(=O)(=O)CC2)CC1. The summed E-state index contributed by atoms with van der Waals surface area (Å²) in [5, 5.41) is -0.548. The molecule has 0 aromatic heterocycles. The van der Waals surface area contributed by atoms with E-state index in [0.717, 1.165) is 29.7 Å². The van der Waals surface area contributed by atoms with Gasteiger partial charge in [-0.05, 0) is 30.9 Å². The molecule has 1 heterocycles. The molecular formula is C22H25NO4S. The van der Waals surface area contributed by atoms with Crippen molar-refractivity contribution in [3.63, 3.8) is 0 Å². The van der Waals surface area contributed by atoms with Gasteiger partial charge in [-0.2, -0.15) is 0 Å². The second-order valence-electron chi connectivity index (χ2n) is 7.63. The molecule has 1 saturated heterocycles. The Balaban J connectivity index is 1.58. The number of carbonyl (C=O) groups is 1. The Labute approximate surface area is 166 Å². The predicted octanol–water partition coefficient (Wildman–Crippen LogP) is 3.12. The summed E-state index contributed by atoms with van der Waals surface area (Å²) in [7, 11) is -1.69. The van der Waals surface area contributed by atoms with Crippen LogP contribution < -0.4 is 4.74 Å². The monoisotopic (exact) mass is 399 g/mol.